The summed E-state index contributed by atoms with van der Waals surface area (Å²) in [5.74, 6) is 0.918. The topological polar surface area (TPSA) is 90.1 Å². The molecule has 7 nitrogen and oxygen atoms in total. The van der Waals surface area contributed by atoms with E-state index in [0.29, 0.717) is 29.0 Å². The van der Waals surface area contributed by atoms with Gasteiger partial charge in [0.15, 0.2) is 0 Å². The molecule has 2 heterocycles. The molecule has 0 bridgehead atoms. The van der Waals surface area contributed by atoms with Crippen LogP contribution in [0.5, 0.6) is 5.75 Å². The first-order valence-electron chi connectivity index (χ1n) is 7.89. The lowest BCUT2D eigenvalue weighted by molar-refractivity contribution is -0.115. The zero-order valence-electron chi connectivity index (χ0n) is 14.6. The Hall–Kier alpha value is -2.39. The fourth-order valence-electron chi connectivity index (χ4n) is 2.19. The molecule has 2 aromatic heterocycles. The van der Waals surface area contributed by atoms with Gasteiger partial charge in [-0.05, 0) is 26.0 Å². The maximum absolute atomic E-state index is 12.4. The van der Waals surface area contributed by atoms with Crippen molar-refractivity contribution in [2.75, 3.05) is 12.4 Å². The van der Waals surface area contributed by atoms with Crippen molar-refractivity contribution < 1.29 is 13.9 Å². The number of methoxy groups -OCH3 is 1. The summed E-state index contributed by atoms with van der Waals surface area (Å²) in [4.78, 5) is 16.8. The monoisotopic (exact) mass is 390 g/mol. The highest BCUT2D eigenvalue weighted by molar-refractivity contribution is 8.00. The fraction of sp³-hybridized carbons (Fsp3) is 0.294. The second-order valence-corrected chi connectivity index (χ2v) is 7.80. The van der Waals surface area contributed by atoms with E-state index < -0.39 is 5.25 Å². The van der Waals surface area contributed by atoms with Crippen LogP contribution in [-0.2, 0) is 11.2 Å². The lowest BCUT2D eigenvalue weighted by Gasteiger charge is -2.12. The zero-order valence-corrected chi connectivity index (χ0v) is 16.2. The maximum Gasteiger partial charge on any atom is 0.277 e. The number of hydrogen-bond donors (Lipinski definition) is 1. The number of aromatic nitrogens is 3. The highest BCUT2D eigenvalue weighted by Gasteiger charge is 2.19. The average molecular weight is 390 g/mol. The number of nitrogens with zero attached hydrogens (tertiary/aromatic N) is 3. The molecule has 0 aliphatic carbocycles. The highest BCUT2D eigenvalue weighted by Crippen LogP contribution is 2.27. The van der Waals surface area contributed by atoms with E-state index in [2.05, 4.69) is 20.5 Å². The van der Waals surface area contributed by atoms with Gasteiger partial charge in [0.05, 0.1) is 35.2 Å². The van der Waals surface area contributed by atoms with Crippen LogP contribution in [0.15, 0.2) is 39.3 Å². The number of nitrogens with one attached hydrogen (secondary N) is 1. The van der Waals surface area contributed by atoms with E-state index >= 15 is 0 Å². The number of aryl methyl sites for hydroxylation is 1. The molecule has 1 amide bonds. The van der Waals surface area contributed by atoms with Crippen molar-refractivity contribution in [1.82, 2.24) is 15.2 Å². The van der Waals surface area contributed by atoms with Gasteiger partial charge < -0.3 is 14.5 Å². The minimum absolute atomic E-state index is 0.172. The Morgan fingerprint density at radius 3 is 2.92 bits per heavy atom. The molecule has 26 heavy (non-hydrogen) atoms. The Morgan fingerprint density at radius 1 is 1.38 bits per heavy atom. The molecular formula is C17H18N4O3S2. The molecular weight excluding hydrogens is 372 g/mol. The second-order valence-electron chi connectivity index (χ2n) is 5.45. The molecule has 3 aromatic rings. The molecule has 0 spiro atoms. The van der Waals surface area contributed by atoms with Crippen LogP contribution < -0.4 is 10.1 Å². The van der Waals surface area contributed by atoms with Gasteiger partial charge >= 0.3 is 0 Å². The largest absolute Gasteiger partial charge is 0.495 e. The van der Waals surface area contributed by atoms with Crippen molar-refractivity contribution in [3.8, 4) is 5.75 Å². The van der Waals surface area contributed by atoms with Crippen molar-refractivity contribution in [2.24, 2.45) is 0 Å². The van der Waals surface area contributed by atoms with Gasteiger partial charge in [0.2, 0.25) is 11.8 Å². The van der Waals surface area contributed by atoms with E-state index in [-0.39, 0.29) is 5.91 Å². The van der Waals surface area contributed by atoms with E-state index in [4.69, 9.17) is 9.15 Å². The molecule has 1 atom stereocenters. The summed E-state index contributed by atoms with van der Waals surface area (Å²) in [5.41, 5.74) is 1.52. The van der Waals surface area contributed by atoms with Gasteiger partial charge in [-0.15, -0.1) is 21.5 Å². The van der Waals surface area contributed by atoms with Gasteiger partial charge in [-0.1, -0.05) is 23.9 Å². The van der Waals surface area contributed by atoms with Crippen molar-refractivity contribution in [3.05, 3.63) is 46.2 Å². The lowest BCUT2D eigenvalue weighted by atomic mass is 10.3. The number of benzene rings is 1. The Morgan fingerprint density at radius 2 is 2.19 bits per heavy atom. The van der Waals surface area contributed by atoms with E-state index in [1.807, 2.05) is 24.4 Å². The van der Waals surface area contributed by atoms with Crippen molar-refractivity contribution in [3.63, 3.8) is 0 Å². The van der Waals surface area contributed by atoms with Gasteiger partial charge in [0, 0.05) is 5.38 Å². The third-order valence-electron chi connectivity index (χ3n) is 3.46. The molecule has 3 rings (SSSR count). The lowest BCUT2D eigenvalue weighted by Crippen LogP contribution is -2.22. The number of hydrogen-bond acceptors (Lipinski definition) is 8. The summed E-state index contributed by atoms with van der Waals surface area (Å²) in [6.45, 7) is 3.73. The molecule has 1 N–H and O–H groups in total. The number of carbonyl (C=O) groups excluding carboxylic acids is 1. The van der Waals surface area contributed by atoms with Gasteiger partial charge in [0.1, 0.15) is 5.75 Å². The summed E-state index contributed by atoms with van der Waals surface area (Å²) >= 11 is 2.79. The van der Waals surface area contributed by atoms with Crippen LogP contribution in [-0.4, -0.2) is 33.4 Å². The number of amides is 1. The minimum atomic E-state index is -0.408. The van der Waals surface area contributed by atoms with Crippen LogP contribution in [0.1, 0.15) is 23.5 Å². The van der Waals surface area contributed by atoms with Crippen LogP contribution in [0.25, 0.3) is 0 Å². The third-order valence-corrected chi connectivity index (χ3v) is 5.22. The van der Waals surface area contributed by atoms with E-state index in [9.17, 15) is 4.79 Å². The smallest absolute Gasteiger partial charge is 0.277 e. The van der Waals surface area contributed by atoms with E-state index in [0.717, 1.165) is 10.7 Å². The summed E-state index contributed by atoms with van der Waals surface area (Å²) in [7, 11) is 1.56. The molecule has 136 valence electrons. The second kappa shape index (κ2) is 8.33. The number of thioether (sulfide) groups is 1. The van der Waals surface area contributed by atoms with Gasteiger partial charge in [-0.25, -0.2) is 4.98 Å². The quantitative estimate of drug-likeness (QED) is 0.617. The van der Waals surface area contributed by atoms with Crippen LogP contribution in [0.4, 0.5) is 5.69 Å². The van der Waals surface area contributed by atoms with Crippen LogP contribution in [0.2, 0.25) is 0 Å². The standard InChI is InChI=1S/C17H18N4O3S2/c1-10(16(22)19-13-6-4-5-7-14(13)23-3)26-17-21-20-15(24-17)8-12-9-25-11(2)18-12/h4-7,9-10H,8H2,1-3H3,(H,19,22)/t10-/m1/s1. The summed E-state index contributed by atoms with van der Waals surface area (Å²) in [5, 5.41) is 13.8. The number of thiazole rings is 1. The first-order valence-corrected chi connectivity index (χ1v) is 9.65. The van der Waals surface area contributed by atoms with Crippen LogP contribution in [0, 0.1) is 6.92 Å². The third kappa shape index (κ3) is 4.61. The SMILES string of the molecule is COc1ccccc1NC(=O)[C@@H](C)Sc1nnc(Cc2csc(C)n2)o1. The average Bonchev–Trinajstić information content (AvgIpc) is 3.24. The first-order chi connectivity index (χ1) is 12.5. The predicted octanol–water partition coefficient (Wildman–Crippen LogP) is 3.55. The molecule has 0 aliphatic heterocycles. The minimum Gasteiger partial charge on any atom is -0.495 e. The van der Waals surface area contributed by atoms with E-state index in [1.54, 1.807) is 37.5 Å². The Balaban J connectivity index is 1.59. The molecule has 0 fully saturated rings. The Labute approximate surface area is 159 Å². The van der Waals surface area contributed by atoms with Crippen LogP contribution >= 0.6 is 23.1 Å². The maximum atomic E-state index is 12.4. The highest BCUT2D eigenvalue weighted by atomic mass is 32.2. The van der Waals surface area contributed by atoms with Crippen molar-refractivity contribution in [1.29, 1.82) is 0 Å². The predicted molar refractivity (Wildman–Crippen MR) is 101 cm³/mol. The summed E-state index contributed by atoms with van der Waals surface area (Å²) in [6, 6.07) is 7.25. The van der Waals surface area contributed by atoms with Crippen molar-refractivity contribution >= 4 is 34.7 Å². The molecule has 0 saturated carbocycles. The summed E-state index contributed by atoms with van der Waals surface area (Å²) < 4.78 is 10.9. The van der Waals surface area contributed by atoms with Crippen molar-refractivity contribution in [2.45, 2.75) is 30.7 Å². The van der Waals surface area contributed by atoms with Gasteiger partial charge in [-0.3, -0.25) is 4.79 Å². The number of rotatable bonds is 7. The summed E-state index contributed by atoms with van der Waals surface area (Å²) in [6.07, 6.45) is 0.486. The molecule has 0 saturated heterocycles. The Bertz CT molecular complexity index is 894. The fourth-order valence-corrected chi connectivity index (χ4v) is 3.50. The molecule has 0 radical (unpaired) electrons. The number of para-hydroxylation sites is 2. The first kappa shape index (κ1) is 18.4. The molecule has 0 aliphatic rings. The van der Waals surface area contributed by atoms with Crippen LogP contribution in [0.3, 0.4) is 0 Å². The molecule has 1 aromatic carbocycles. The molecule has 9 heteroatoms. The van der Waals surface area contributed by atoms with E-state index in [1.165, 1.54) is 11.8 Å². The molecule has 0 unspecified atom stereocenters. The number of anilines is 1. The Kier molecular flexibility index (Phi) is 5.89. The van der Waals surface area contributed by atoms with Gasteiger partial charge in [-0.2, -0.15) is 0 Å². The zero-order chi connectivity index (χ0) is 18.5. The normalized spacial score (nSPS) is 12.0. The van der Waals surface area contributed by atoms with Gasteiger partial charge in [0.25, 0.3) is 5.22 Å². The number of ether oxygens (including phenoxy) is 1. The number of carbonyl (C=O) groups is 1.